The standard InChI is InChI=1S/C13H16BrNO5/c1-8(16)11-4-10(14)5-12(15(17)18)13(11)20-7-19-6-9-2-3-9/h4-5,8-9,16H,2-3,6-7H2,1H3/t8-/m0/s1. The quantitative estimate of drug-likeness (QED) is 0.355. The van der Waals surface area contributed by atoms with Crippen LogP contribution in [-0.4, -0.2) is 23.4 Å². The van der Waals surface area contributed by atoms with Crippen molar-refractivity contribution >= 4 is 21.6 Å². The third kappa shape index (κ3) is 3.91. The Morgan fingerprint density at radius 2 is 2.25 bits per heavy atom. The minimum absolute atomic E-state index is 0.0569. The molecule has 0 aromatic heterocycles. The van der Waals surface area contributed by atoms with Gasteiger partial charge in [-0.2, -0.15) is 0 Å². The van der Waals surface area contributed by atoms with E-state index in [1.54, 1.807) is 6.07 Å². The summed E-state index contributed by atoms with van der Waals surface area (Å²) in [5.41, 5.74) is 0.173. The van der Waals surface area contributed by atoms with Gasteiger partial charge in [0.1, 0.15) is 0 Å². The van der Waals surface area contributed by atoms with Gasteiger partial charge >= 0.3 is 5.69 Å². The maximum Gasteiger partial charge on any atom is 0.312 e. The summed E-state index contributed by atoms with van der Waals surface area (Å²) in [4.78, 5) is 10.5. The number of aliphatic hydroxyl groups excluding tert-OH is 1. The van der Waals surface area contributed by atoms with Gasteiger partial charge in [-0.3, -0.25) is 10.1 Å². The minimum Gasteiger partial charge on any atom is -0.460 e. The van der Waals surface area contributed by atoms with Crippen LogP contribution in [0.25, 0.3) is 0 Å². The summed E-state index contributed by atoms with van der Waals surface area (Å²) in [6.07, 6.45) is 1.46. The van der Waals surface area contributed by atoms with Crippen LogP contribution in [0.4, 0.5) is 5.69 Å². The van der Waals surface area contributed by atoms with Crippen molar-refractivity contribution in [2.24, 2.45) is 5.92 Å². The highest BCUT2D eigenvalue weighted by atomic mass is 79.9. The van der Waals surface area contributed by atoms with Gasteiger partial charge in [-0.05, 0) is 31.7 Å². The second-order valence-electron chi connectivity index (χ2n) is 4.85. The largest absolute Gasteiger partial charge is 0.460 e. The van der Waals surface area contributed by atoms with E-state index in [1.807, 2.05) is 0 Å². The molecule has 1 aliphatic carbocycles. The first-order valence-electron chi connectivity index (χ1n) is 6.35. The van der Waals surface area contributed by atoms with Crippen LogP contribution in [0, 0.1) is 16.0 Å². The van der Waals surface area contributed by atoms with E-state index in [1.165, 1.54) is 13.0 Å². The molecule has 1 aromatic rings. The number of aliphatic hydroxyl groups is 1. The molecule has 0 saturated heterocycles. The van der Waals surface area contributed by atoms with Gasteiger partial charge in [0.05, 0.1) is 17.6 Å². The molecule has 0 unspecified atom stereocenters. The number of nitro benzene ring substituents is 1. The maximum absolute atomic E-state index is 11.1. The van der Waals surface area contributed by atoms with Crippen molar-refractivity contribution in [1.29, 1.82) is 0 Å². The molecular formula is C13H16BrNO5. The van der Waals surface area contributed by atoms with E-state index >= 15 is 0 Å². The minimum atomic E-state index is -0.871. The lowest BCUT2D eigenvalue weighted by molar-refractivity contribution is -0.386. The van der Waals surface area contributed by atoms with Crippen LogP contribution < -0.4 is 4.74 Å². The monoisotopic (exact) mass is 345 g/mol. The molecule has 0 bridgehead atoms. The van der Waals surface area contributed by atoms with E-state index in [9.17, 15) is 15.2 Å². The Hall–Kier alpha value is -1.18. The number of ether oxygens (including phenoxy) is 2. The number of nitro groups is 1. The predicted octanol–water partition coefficient (Wildman–Crippen LogP) is 3.17. The number of hydrogen-bond donors (Lipinski definition) is 1. The molecular weight excluding hydrogens is 330 g/mol. The van der Waals surface area contributed by atoms with Crippen molar-refractivity contribution in [3.63, 3.8) is 0 Å². The molecule has 20 heavy (non-hydrogen) atoms. The SMILES string of the molecule is C[C@H](O)c1cc(Br)cc([N+](=O)[O-])c1OCOCC1CC1. The van der Waals surface area contributed by atoms with Crippen LogP contribution in [0.15, 0.2) is 16.6 Å². The van der Waals surface area contributed by atoms with Crippen molar-refractivity contribution in [2.45, 2.75) is 25.9 Å². The summed E-state index contributed by atoms with van der Waals surface area (Å²) in [7, 11) is 0. The Balaban J connectivity index is 2.15. The van der Waals surface area contributed by atoms with Crippen molar-refractivity contribution in [3.05, 3.63) is 32.3 Å². The fraction of sp³-hybridized carbons (Fsp3) is 0.538. The molecule has 1 saturated carbocycles. The topological polar surface area (TPSA) is 81.8 Å². The lowest BCUT2D eigenvalue weighted by Gasteiger charge is -2.14. The number of nitrogens with zero attached hydrogens (tertiary/aromatic N) is 1. The van der Waals surface area contributed by atoms with E-state index < -0.39 is 11.0 Å². The average molecular weight is 346 g/mol. The predicted molar refractivity (Wildman–Crippen MR) is 75.6 cm³/mol. The van der Waals surface area contributed by atoms with Gasteiger partial charge < -0.3 is 14.6 Å². The molecule has 1 N–H and O–H groups in total. The Morgan fingerprint density at radius 1 is 1.55 bits per heavy atom. The van der Waals surface area contributed by atoms with Crippen molar-refractivity contribution in [1.82, 2.24) is 0 Å². The normalized spacial score (nSPS) is 15.9. The van der Waals surface area contributed by atoms with Gasteiger partial charge in [-0.25, -0.2) is 0 Å². The molecule has 0 amide bonds. The second kappa shape index (κ2) is 6.51. The van der Waals surface area contributed by atoms with Crippen LogP contribution in [0.2, 0.25) is 0 Å². The summed E-state index contributed by atoms with van der Waals surface area (Å²) in [5, 5.41) is 20.8. The first-order valence-corrected chi connectivity index (χ1v) is 7.14. The van der Waals surface area contributed by atoms with E-state index in [-0.39, 0.29) is 18.2 Å². The summed E-state index contributed by atoms with van der Waals surface area (Å²) in [6, 6.07) is 2.95. The Morgan fingerprint density at radius 3 is 2.80 bits per heavy atom. The number of hydrogen-bond acceptors (Lipinski definition) is 5. The van der Waals surface area contributed by atoms with E-state index in [0.717, 1.165) is 12.8 Å². The van der Waals surface area contributed by atoms with Crippen molar-refractivity contribution in [2.75, 3.05) is 13.4 Å². The Kier molecular flexibility index (Phi) is 4.95. The summed E-state index contributed by atoms with van der Waals surface area (Å²) in [5.74, 6) is 0.652. The smallest absolute Gasteiger partial charge is 0.312 e. The molecule has 0 aliphatic heterocycles. The molecule has 1 atom stereocenters. The molecule has 1 fully saturated rings. The third-order valence-corrected chi connectivity index (χ3v) is 3.50. The molecule has 1 aromatic carbocycles. The van der Waals surface area contributed by atoms with Gasteiger partial charge in [0, 0.05) is 16.1 Å². The fourth-order valence-electron chi connectivity index (χ4n) is 1.80. The highest BCUT2D eigenvalue weighted by molar-refractivity contribution is 9.10. The lowest BCUT2D eigenvalue weighted by Crippen LogP contribution is -2.09. The van der Waals surface area contributed by atoms with E-state index in [0.29, 0.717) is 22.6 Å². The second-order valence-corrected chi connectivity index (χ2v) is 5.77. The van der Waals surface area contributed by atoms with Crippen LogP contribution in [0.3, 0.4) is 0 Å². The highest BCUT2D eigenvalue weighted by Gasteiger charge is 2.24. The summed E-state index contributed by atoms with van der Waals surface area (Å²) >= 11 is 3.19. The van der Waals surface area contributed by atoms with Gasteiger partial charge in [0.15, 0.2) is 6.79 Å². The summed E-state index contributed by atoms with van der Waals surface area (Å²) in [6.45, 7) is 2.08. The number of rotatable bonds is 7. The highest BCUT2D eigenvalue weighted by Crippen LogP contribution is 2.38. The molecule has 1 aliphatic rings. The number of halogens is 1. The van der Waals surface area contributed by atoms with Crippen LogP contribution in [0.1, 0.15) is 31.4 Å². The van der Waals surface area contributed by atoms with Crippen molar-refractivity contribution < 1.29 is 19.5 Å². The first kappa shape index (κ1) is 15.2. The molecule has 7 heteroatoms. The Bertz CT molecular complexity index is 502. The zero-order valence-corrected chi connectivity index (χ0v) is 12.6. The van der Waals surface area contributed by atoms with E-state index in [2.05, 4.69) is 15.9 Å². The fourth-order valence-corrected chi connectivity index (χ4v) is 2.27. The van der Waals surface area contributed by atoms with Gasteiger partial charge in [0.25, 0.3) is 0 Å². The average Bonchev–Trinajstić information content (AvgIpc) is 3.18. The molecule has 110 valence electrons. The zero-order valence-electron chi connectivity index (χ0n) is 11.0. The van der Waals surface area contributed by atoms with Crippen LogP contribution in [0.5, 0.6) is 5.75 Å². The maximum atomic E-state index is 11.1. The third-order valence-electron chi connectivity index (χ3n) is 3.05. The van der Waals surface area contributed by atoms with Crippen LogP contribution >= 0.6 is 15.9 Å². The van der Waals surface area contributed by atoms with Gasteiger partial charge in [0.2, 0.25) is 5.75 Å². The van der Waals surface area contributed by atoms with Gasteiger partial charge in [-0.15, -0.1) is 0 Å². The molecule has 6 nitrogen and oxygen atoms in total. The van der Waals surface area contributed by atoms with Crippen LogP contribution in [-0.2, 0) is 4.74 Å². The Labute approximate surface area is 125 Å². The number of benzene rings is 1. The molecule has 0 spiro atoms. The molecule has 0 radical (unpaired) electrons. The molecule has 2 rings (SSSR count). The van der Waals surface area contributed by atoms with E-state index in [4.69, 9.17) is 9.47 Å². The zero-order chi connectivity index (χ0) is 14.7. The van der Waals surface area contributed by atoms with Crippen molar-refractivity contribution in [3.8, 4) is 5.75 Å². The first-order chi connectivity index (χ1) is 9.49. The van der Waals surface area contributed by atoms with Gasteiger partial charge in [-0.1, -0.05) is 15.9 Å². The molecule has 0 heterocycles. The lowest BCUT2D eigenvalue weighted by atomic mass is 10.1. The summed E-state index contributed by atoms with van der Waals surface area (Å²) < 4.78 is 11.2.